The first kappa shape index (κ1) is 12.9. The number of nitrogens with zero attached hydrogens (tertiary/aromatic N) is 4. The van der Waals surface area contributed by atoms with Gasteiger partial charge in [0.05, 0.1) is 12.1 Å². The number of nitrogens with one attached hydrogen (secondary N) is 1. The molecule has 2 aromatic heterocycles. The monoisotopic (exact) mass is 285 g/mol. The van der Waals surface area contributed by atoms with E-state index in [0.29, 0.717) is 6.10 Å². The van der Waals surface area contributed by atoms with Crippen molar-refractivity contribution in [1.82, 2.24) is 25.1 Å². The lowest BCUT2D eigenvalue weighted by Gasteiger charge is -2.26. The van der Waals surface area contributed by atoms with Gasteiger partial charge in [0.25, 0.3) is 0 Å². The summed E-state index contributed by atoms with van der Waals surface area (Å²) in [6.45, 7) is 3.91. The Morgan fingerprint density at radius 3 is 2.95 bits per heavy atom. The van der Waals surface area contributed by atoms with Gasteiger partial charge in [-0.25, -0.2) is 0 Å². The van der Waals surface area contributed by atoms with Crippen LogP contribution in [0, 0.1) is 0 Å². The Morgan fingerprint density at radius 2 is 2.19 bits per heavy atom. The molecule has 0 aromatic carbocycles. The van der Waals surface area contributed by atoms with Crippen LogP contribution >= 0.6 is 0 Å². The van der Waals surface area contributed by atoms with Gasteiger partial charge in [0.1, 0.15) is 6.10 Å². The molecule has 4 heterocycles. The summed E-state index contributed by atoms with van der Waals surface area (Å²) >= 11 is 0. The lowest BCUT2D eigenvalue weighted by Crippen LogP contribution is -2.35. The molecule has 4 rings (SSSR count). The van der Waals surface area contributed by atoms with Crippen molar-refractivity contribution in [1.29, 1.82) is 0 Å². The average Bonchev–Trinajstić information content (AvgIpc) is 3.13. The van der Waals surface area contributed by atoms with Crippen LogP contribution in [0.5, 0.6) is 0 Å². The summed E-state index contributed by atoms with van der Waals surface area (Å²) in [5.41, 5.74) is 1.12. The maximum absolute atomic E-state index is 5.96. The van der Waals surface area contributed by atoms with E-state index >= 15 is 0 Å². The maximum atomic E-state index is 5.96. The summed E-state index contributed by atoms with van der Waals surface area (Å²) in [4.78, 5) is 4.20. The lowest BCUT2D eigenvalue weighted by atomic mass is 10.1. The van der Waals surface area contributed by atoms with Crippen LogP contribution in [-0.2, 0) is 11.3 Å². The topological polar surface area (TPSA) is 64.9 Å². The summed E-state index contributed by atoms with van der Waals surface area (Å²) in [6, 6.07) is 4.09. The summed E-state index contributed by atoms with van der Waals surface area (Å²) in [7, 11) is 0. The first-order valence-electron chi connectivity index (χ1n) is 7.54. The minimum atomic E-state index is 0.0625. The van der Waals surface area contributed by atoms with Crippen molar-refractivity contribution < 1.29 is 4.74 Å². The standard InChI is InChI=1S/C15H19N5O/c1-10-4-5-12(21-10)14-18-19-15-13(17-7-8-20(14)15)11-3-2-6-16-9-11/h2-3,6,9-10,12-13,17H,4-5,7-8H2,1H3. The van der Waals surface area contributed by atoms with E-state index in [1.54, 1.807) is 6.20 Å². The quantitative estimate of drug-likeness (QED) is 0.908. The van der Waals surface area contributed by atoms with E-state index in [1.807, 2.05) is 12.3 Å². The van der Waals surface area contributed by atoms with Gasteiger partial charge in [0.15, 0.2) is 11.6 Å². The van der Waals surface area contributed by atoms with Gasteiger partial charge in [-0.05, 0) is 31.4 Å². The highest BCUT2D eigenvalue weighted by Crippen LogP contribution is 2.33. The largest absolute Gasteiger partial charge is 0.367 e. The summed E-state index contributed by atoms with van der Waals surface area (Å²) < 4.78 is 8.18. The van der Waals surface area contributed by atoms with Gasteiger partial charge in [-0.3, -0.25) is 4.98 Å². The Balaban J connectivity index is 1.69. The first-order valence-corrected chi connectivity index (χ1v) is 7.54. The van der Waals surface area contributed by atoms with Crippen molar-refractivity contribution >= 4 is 0 Å². The highest BCUT2D eigenvalue weighted by molar-refractivity contribution is 5.23. The minimum Gasteiger partial charge on any atom is -0.367 e. The van der Waals surface area contributed by atoms with Crippen LogP contribution in [0.4, 0.5) is 0 Å². The van der Waals surface area contributed by atoms with Crippen molar-refractivity contribution in [2.45, 2.75) is 44.6 Å². The fourth-order valence-corrected chi connectivity index (χ4v) is 3.23. The molecule has 0 bridgehead atoms. The highest BCUT2D eigenvalue weighted by atomic mass is 16.5. The molecule has 2 aliphatic rings. The summed E-state index contributed by atoms with van der Waals surface area (Å²) in [5, 5.41) is 12.3. The van der Waals surface area contributed by atoms with Gasteiger partial charge in [-0.15, -0.1) is 10.2 Å². The molecule has 1 saturated heterocycles. The highest BCUT2D eigenvalue weighted by Gasteiger charge is 2.32. The Morgan fingerprint density at radius 1 is 1.29 bits per heavy atom. The lowest BCUT2D eigenvalue weighted by molar-refractivity contribution is 0.0475. The Labute approximate surface area is 123 Å². The van der Waals surface area contributed by atoms with Gasteiger partial charge >= 0.3 is 0 Å². The molecule has 3 atom stereocenters. The van der Waals surface area contributed by atoms with Gasteiger partial charge in [-0.1, -0.05) is 6.07 Å². The third-order valence-corrected chi connectivity index (χ3v) is 4.29. The van der Waals surface area contributed by atoms with Crippen LogP contribution in [-0.4, -0.2) is 32.4 Å². The van der Waals surface area contributed by atoms with E-state index in [-0.39, 0.29) is 12.1 Å². The molecule has 110 valence electrons. The molecular formula is C15H19N5O. The van der Waals surface area contributed by atoms with Gasteiger partial charge < -0.3 is 14.6 Å². The summed E-state index contributed by atoms with van der Waals surface area (Å²) in [6.07, 6.45) is 6.21. The van der Waals surface area contributed by atoms with Gasteiger partial charge in [0.2, 0.25) is 0 Å². The zero-order valence-electron chi connectivity index (χ0n) is 12.1. The van der Waals surface area contributed by atoms with Crippen molar-refractivity contribution in [3.05, 3.63) is 41.7 Å². The molecule has 2 aromatic rings. The number of rotatable bonds is 2. The van der Waals surface area contributed by atoms with Crippen LogP contribution in [0.25, 0.3) is 0 Å². The van der Waals surface area contributed by atoms with Gasteiger partial charge in [0, 0.05) is 25.5 Å². The van der Waals surface area contributed by atoms with Crippen molar-refractivity contribution in [2.75, 3.05) is 6.54 Å². The van der Waals surface area contributed by atoms with Crippen LogP contribution in [0.2, 0.25) is 0 Å². The SMILES string of the molecule is CC1CCC(c2nnc3n2CCNC3c2cccnc2)O1. The fourth-order valence-electron chi connectivity index (χ4n) is 3.23. The number of fused-ring (bicyclic) bond motifs is 1. The molecule has 0 spiro atoms. The molecule has 1 fully saturated rings. The average molecular weight is 285 g/mol. The van der Waals surface area contributed by atoms with Crippen LogP contribution in [0.3, 0.4) is 0 Å². The molecule has 6 nitrogen and oxygen atoms in total. The van der Waals surface area contributed by atoms with E-state index < -0.39 is 0 Å². The number of ether oxygens (including phenoxy) is 1. The van der Waals surface area contributed by atoms with Crippen LogP contribution in [0.1, 0.15) is 49.1 Å². The van der Waals surface area contributed by atoms with E-state index in [1.165, 1.54) is 0 Å². The zero-order valence-corrected chi connectivity index (χ0v) is 12.1. The third-order valence-electron chi connectivity index (χ3n) is 4.29. The molecule has 0 radical (unpaired) electrons. The van der Waals surface area contributed by atoms with Gasteiger partial charge in [-0.2, -0.15) is 0 Å². The third kappa shape index (κ3) is 2.24. The minimum absolute atomic E-state index is 0.0625. The number of pyridine rings is 1. The Kier molecular flexibility index (Phi) is 3.20. The number of hydrogen-bond donors (Lipinski definition) is 1. The molecule has 3 unspecified atom stereocenters. The van der Waals surface area contributed by atoms with E-state index in [2.05, 4.69) is 38.1 Å². The van der Waals surface area contributed by atoms with Crippen molar-refractivity contribution in [2.24, 2.45) is 0 Å². The maximum Gasteiger partial charge on any atom is 0.162 e. The second-order valence-electron chi connectivity index (χ2n) is 5.75. The second kappa shape index (κ2) is 5.20. The first-order chi connectivity index (χ1) is 10.3. The van der Waals surface area contributed by atoms with Crippen molar-refractivity contribution in [3.8, 4) is 0 Å². The Hall–Kier alpha value is -1.79. The predicted molar refractivity (Wildman–Crippen MR) is 76.6 cm³/mol. The molecule has 21 heavy (non-hydrogen) atoms. The van der Waals surface area contributed by atoms with E-state index in [4.69, 9.17) is 4.74 Å². The Bertz CT molecular complexity index is 626. The molecule has 2 aliphatic heterocycles. The molecule has 0 aliphatic carbocycles. The predicted octanol–water partition coefficient (Wildman–Crippen LogP) is 1.61. The normalized spacial score (nSPS) is 28.5. The van der Waals surface area contributed by atoms with Crippen LogP contribution < -0.4 is 5.32 Å². The molecular weight excluding hydrogens is 266 g/mol. The van der Waals surface area contributed by atoms with E-state index in [9.17, 15) is 0 Å². The van der Waals surface area contributed by atoms with Crippen molar-refractivity contribution in [3.63, 3.8) is 0 Å². The summed E-state index contributed by atoms with van der Waals surface area (Å²) in [5.74, 6) is 1.94. The number of hydrogen-bond acceptors (Lipinski definition) is 5. The molecule has 1 N–H and O–H groups in total. The van der Waals surface area contributed by atoms with Crippen LogP contribution in [0.15, 0.2) is 24.5 Å². The van der Waals surface area contributed by atoms with E-state index in [0.717, 1.165) is 43.1 Å². The number of aromatic nitrogens is 4. The molecule has 0 saturated carbocycles. The zero-order chi connectivity index (χ0) is 14.2. The fraction of sp³-hybridized carbons (Fsp3) is 0.533. The smallest absolute Gasteiger partial charge is 0.162 e. The molecule has 0 amide bonds. The molecule has 6 heteroatoms. The second-order valence-corrected chi connectivity index (χ2v) is 5.75.